The van der Waals surface area contributed by atoms with Crippen LogP contribution in [0.15, 0.2) is 29.4 Å². The molecule has 1 saturated carbocycles. The monoisotopic (exact) mass is 249 g/mol. The first-order valence-electron chi connectivity index (χ1n) is 6.02. The fraction of sp³-hybridized carbons (Fsp3) is 0.462. The molecule has 0 heterocycles. The normalized spacial score (nSPS) is 17.3. The SMILES string of the molecule is COc1ccccc1NCC1(CC(N)=NO)CC1. The number of benzene rings is 1. The molecule has 0 aliphatic heterocycles. The van der Waals surface area contributed by atoms with Gasteiger partial charge in [-0.1, -0.05) is 17.3 Å². The van der Waals surface area contributed by atoms with E-state index in [2.05, 4.69) is 10.5 Å². The second-order valence-corrected chi connectivity index (χ2v) is 4.82. The molecule has 4 N–H and O–H groups in total. The zero-order valence-corrected chi connectivity index (χ0v) is 10.5. The van der Waals surface area contributed by atoms with E-state index in [0.717, 1.165) is 30.8 Å². The third-order valence-electron chi connectivity index (χ3n) is 3.40. The van der Waals surface area contributed by atoms with Gasteiger partial charge >= 0.3 is 0 Å². The number of hydrogen-bond donors (Lipinski definition) is 3. The third kappa shape index (κ3) is 2.85. The maximum absolute atomic E-state index is 8.62. The van der Waals surface area contributed by atoms with Crippen LogP contribution in [0, 0.1) is 5.41 Å². The lowest BCUT2D eigenvalue weighted by Crippen LogP contribution is -2.23. The molecule has 1 fully saturated rings. The maximum Gasteiger partial charge on any atom is 0.141 e. The number of anilines is 1. The quantitative estimate of drug-likeness (QED) is 0.312. The standard InChI is InChI=1S/C13H19N3O2/c1-18-11-5-3-2-4-10(11)15-9-13(6-7-13)8-12(14)16-17/h2-5,15,17H,6-9H2,1H3,(H2,14,16). The zero-order chi connectivity index (χ0) is 13.0. The van der Waals surface area contributed by atoms with Gasteiger partial charge in [-0.05, 0) is 30.4 Å². The zero-order valence-electron chi connectivity index (χ0n) is 10.5. The minimum absolute atomic E-state index is 0.136. The summed E-state index contributed by atoms with van der Waals surface area (Å²) in [5.74, 6) is 1.13. The molecule has 5 nitrogen and oxygen atoms in total. The van der Waals surface area contributed by atoms with Crippen molar-refractivity contribution in [3.63, 3.8) is 0 Å². The molecule has 0 spiro atoms. The van der Waals surface area contributed by atoms with E-state index in [4.69, 9.17) is 15.7 Å². The molecule has 5 heteroatoms. The number of ether oxygens (including phenoxy) is 1. The molecule has 0 atom stereocenters. The first kappa shape index (κ1) is 12.5. The highest BCUT2D eigenvalue weighted by atomic mass is 16.5. The van der Waals surface area contributed by atoms with Crippen LogP contribution < -0.4 is 15.8 Å². The lowest BCUT2D eigenvalue weighted by molar-refractivity contribution is 0.315. The van der Waals surface area contributed by atoms with Crippen LogP contribution in [0.25, 0.3) is 0 Å². The van der Waals surface area contributed by atoms with Crippen molar-refractivity contribution in [2.45, 2.75) is 19.3 Å². The predicted octanol–water partition coefficient (Wildman–Crippen LogP) is 2.02. The molecule has 0 radical (unpaired) electrons. The fourth-order valence-electron chi connectivity index (χ4n) is 2.09. The highest BCUT2D eigenvalue weighted by Crippen LogP contribution is 2.49. The average molecular weight is 249 g/mol. The highest BCUT2D eigenvalue weighted by molar-refractivity contribution is 5.80. The van der Waals surface area contributed by atoms with E-state index in [1.807, 2.05) is 24.3 Å². The van der Waals surface area contributed by atoms with Gasteiger partial charge in [-0.3, -0.25) is 0 Å². The predicted molar refractivity (Wildman–Crippen MR) is 71.2 cm³/mol. The Balaban J connectivity index is 1.95. The number of amidine groups is 1. The topological polar surface area (TPSA) is 79.9 Å². The van der Waals surface area contributed by atoms with E-state index in [1.165, 1.54) is 0 Å². The number of oxime groups is 1. The van der Waals surface area contributed by atoms with E-state index in [0.29, 0.717) is 12.3 Å². The van der Waals surface area contributed by atoms with Gasteiger partial charge in [0.25, 0.3) is 0 Å². The molecule has 0 saturated heterocycles. The summed E-state index contributed by atoms with van der Waals surface area (Å²) in [6.45, 7) is 0.809. The maximum atomic E-state index is 8.62. The van der Waals surface area contributed by atoms with Gasteiger partial charge in [0.1, 0.15) is 11.6 Å². The van der Waals surface area contributed by atoms with Gasteiger partial charge in [-0.2, -0.15) is 0 Å². The van der Waals surface area contributed by atoms with Crippen LogP contribution in [0.1, 0.15) is 19.3 Å². The van der Waals surface area contributed by atoms with E-state index < -0.39 is 0 Å². The molecule has 0 aromatic heterocycles. The van der Waals surface area contributed by atoms with Crippen LogP contribution in [0.2, 0.25) is 0 Å². The van der Waals surface area contributed by atoms with Crippen molar-refractivity contribution in [2.24, 2.45) is 16.3 Å². The minimum Gasteiger partial charge on any atom is -0.495 e. The van der Waals surface area contributed by atoms with Crippen molar-refractivity contribution in [3.8, 4) is 5.75 Å². The summed E-state index contributed by atoms with van der Waals surface area (Å²) in [5, 5.41) is 15.0. The lowest BCUT2D eigenvalue weighted by atomic mass is 10.0. The van der Waals surface area contributed by atoms with Crippen molar-refractivity contribution in [1.29, 1.82) is 0 Å². The van der Waals surface area contributed by atoms with Crippen molar-refractivity contribution in [1.82, 2.24) is 0 Å². The molecular weight excluding hydrogens is 230 g/mol. The summed E-state index contributed by atoms with van der Waals surface area (Å²) in [5.41, 5.74) is 6.69. The second kappa shape index (κ2) is 5.16. The number of hydrogen-bond acceptors (Lipinski definition) is 4. The Kier molecular flexibility index (Phi) is 3.60. The van der Waals surface area contributed by atoms with Crippen LogP contribution in [0.5, 0.6) is 5.75 Å². The molecule has 1 aliphatic carbocycles. The molecule has 1 aromatic carbocycles. The van der Waals surface area contributed by atoms with Gasteiger partial charge in [0.05, 0.1) is 12.8 Å². The number of nitrogens with one attached hydrogen (secondary N) is 1. The summed E-state index contributed by atoms with van der Waals surface area (Å²) in [6, 6.07) is 7.81. The minimum atomic E-state index is 0.136. The lowest BCUT2D eigenvalue weighted by Gasteiger charge is -2.17. The number of methoxy groups -OCH3 is 1. The Labute approximate surface area is 107 Å². The summed E-state index contributed by atoms with van der Waals surface area (Å²) in [7, 11) is 1.66. The van der Waals surface area contributed by atoms with Crippen LogP contribution in [-0.2, 0) is 0 Å². The summed E-state index contributed by atoms with van der Waals surface area (Å²) in [6.07, 6.45) is 2.84. The average Bonchev–Trinajstić information content (AvgIpc) is 3.16. The molecule has 1 aliphatic rings. The van der Waals surface area contributed by atoms with E-state index >= 15 is 0 Å². The molecule has 0 unspecified atom stereocenters. The van der Waals surface area contributed by atoms with Crippen molar-refractivity contribution < 1.29 is 9.94 Å². The van der Waals surface area contributed by atoms with Gasteiger partial charge < -0.3 is 21.0 Å². The largest absolute Gasteiger partial charge is 0.495 e. The first-order valence-corrected chi connectivity index (χ1v) is 6.02. The Bertz CT molecular complexity index is 442. The number of para-hydroxylation sites is 2. The Morgan fingerprint density at radius 2 is 2.22 bits per heavy atom. The summed E-state index contributed by atoms with van der Waals surface area (Å²) in [4.78, 5) is 0. The van der Waals surface area contributed by atoms with E-state index in [9.17, 15) is 0 Å². The van der Waals surface area contributed by atoms with Crippen molar-refractivity contribution in [3.05, 3.63) is 24.3 Å². The fourth-order valence-corrected chi connectivity index (χ4v) is 2.09. The summed E-state index contributed by atoms with van der Waals surface area (Å²) >= 11 is 0. The van der Waals surface area contributed by atoms with Gasteiger partial charge in [0, 0.05) is 13.0 Å². The molecule has 1 aromatic rings. The van der Waals surface area contributed by atoms with Crippen molar-refractivity contribution >= 4 is 11.5 Å². The number of nitrogens with two attached hydrogens (primary N) is 1. The van der Waals surface area contributed by atoms with Gasteiger partial charge in [-0.25, -0.2) is 0 Å². The first-order chi connectivity index (χ1) is 8.69. The summed E-state index contributed by atoms with van der Waals surface area (Å²) < 4.78 is 5.28. The van der Waals surface area contributed by atoms with Crippen LogP contribution in [-0.4, -0.2) is 24.7 Å². The van der Waals surface area contributed by atoms with Crippen LogP contribution in [0.4, 0.5) is 5.69 Å². The van der Waals surface area contributed by atoms with Crippen molar-refractivity contribution in [2.75, 3.05) is 19.0 Å². The molecule has 98 valence electrons. The number of nitrogens with zero attached hydrogens (tertiary/aromatic N) is 1. The Morgan fingerprint density at radius 1 is 1.50 bits per heavy atom. The van der Waals surface area contributed by atoms with Gasteiger partial charge in [0.15, 0.2) is 0 Å². The van der Waals surface area contributed by atoms with Crippen LogP contribution >= 0.6 is 0 Å². The van der Waals surface area contributed by atoms with E-state index in [-0.39, 0.29) is 5.41 Å². The highest BCUT2D eigenvalue weighted by Gasteiger charge is 2.43. The van der Waals surface area contributed by atoms with Gasteiger partial charge in [-0.15, -0.1) is 0 Å². The van der Waals surface area contributed by atoms with E-state index in [1.54, 1.807) is 7.11 Å². The van der Waals surface area contributed by atoms with Crippen LogP contribution in [0.3, 0.4) is 0 Å². The molecule has 0 bridgehead atoms. The molecule has 2 rings (SSSR count). The molecule has 0 amide bonds. The molecule has 18 heavy (non-hydrogen) atoms. The third-order valence-corrected chi connectivity index (χ3v) is 3.40. The molecular formula is C13H19N3O2. The Morgan fingerprint density at radius 3 is 2.83 bits per heavy atom. The van der Waals surface area contributed by atoms with Gasteiger partial charge in [0.2, 0.25) is 0 Å². The Hall–Kier alpha value is -1.91. The second-order valence-electron chi connectivity index (χ2n) is 4.82. The smallest absolute Gasteiger partial charge is 0.141 e. The number of rotatable bonds is 6.